The highest BCUT2D eigenvalue weighted by Gasteiger charge is 2.26. The van der Waals surface area contributed by atoms with Gasteiger partial charge < -0.3 is 20.1 Å². The third-order valence-electron chi connectivity index (χ3n) is 2.47. The highest BCUT2D eigenvalue weighted by molar-refractivity contribution is 6.31. The Balaban J connectivity index is 2.90. The van der Waals surface area contributed by atoms with Crippen LogP contribution in [0.15, 0.2) is 12.3 Å². The molecule has 100 valence electrons. The summed E-state index contributed by atoms with van der Waals surface area (Å²) in [5, 5.41) is 20.8. The maximum absolute atomic E-state index is 11.9. The summed E-state index contributed by atoms with van der Waals surface area (Å²) in [7, 11) is 0. The van der Waals surface area contributed by atoms with Gasteiger partial charge in [-0.2, -0.15) is 0 Å². The molecule has 0 bridgehead atoms. The molecule has 0 unspecified atom stereocenters. The molecular weight excluding hydrogens is 260 g/mol. The summed E-state index contributed by atoms with van der Waals surface area (Å²) in [6, 6.07) is 0.0953. The number of carboxylic acid groups (broad SMARTS) is 1. The molecule has 0 radical (unpaired) electrons. The Morgan fingerprint density at radius 3 is 2.61 bits per heavy atom. The van der Waals surface area contributed by atoms with Crippen molar-refractivity contribution in [1.82, 2.24) is 9.88 Å². The minimum atomic E-state index is -1.35. The highest BCUT2D eigenvalue weighted by atomic mass is 35.5. The molecule has 0 aliphatic carbocycles. The number of nitrogens with zero attached hydrogens (tertiary/aromatic N) is 1. The van der Waals surface area contributed by atoms with Crippen molar-refractivity contribution in [2.45, 2.75) is 32.5 Å². The van der Waals surface area contributed by atoms with Gasteiger partial charge in [-0.25, -0.2) is 4.79 Å². The van der Waals surface area contributed by atoms with E-state index in [1.807, 2.05) is 6.92 Å². The summed E-state index contributed by atoms with van der Waals surface area (Å²) in [5.74, 6) is -1.88. The van der Waals surface area contributed by atoms with Crippen LogP contribution in [-0.4, -0.2) is 38.8 Å². The molecule has 18 heavy (non-hydrogen) atoms. The van der Waals surface area contributed by atoms with E-state index >= 15 is 0 Å². The molecule has 0 fully saturated rings. The molecule has 1 rings (SSSR count). The van der Waals surface area contributed by atoms with E-state index in [0.29, 0.717) is 11.6 Å². The fourth-order valence-corrected chi connectivity index (χ4v) is 1.75. The van der Waals surface area contributed by atoms with Gasteiger partial charge in [0.15, 0.2) is 6.04 Å². The smallest absolute Gasteiger partial charge is 0.328 e. The monoisotopic (exact) mass is 274 g/mol. The van der Waals surface area contributed by atoms with E-state index < -0.39 is 24.0 Å². The summed E-state index contributed by atoms with van der Waals surface area (Å²) in [4.78, 5) is 22.8. The maximum Gasteiger partial charge on any atom is 0.328 e. The lowest BCUT2D eigenvalue weighted by Crippen LogP contribution is -2.48. The average Bonchev–Trinajstić information content (AvgIpc) is 2.66. The van der Waals surface area contributed by atoms with E-state index in [1.54, 1.807) is 10.8 Å². The number of aliphatic carboxylic acids is 1. The van der Waals surface area contributed by atoms with E-state index in [0.717, 1.165) is 0 Å². The highest BCUT2D eigenvalue weighted by Crippen LogP contribution is 2.14. The third-order valence-corrected chi connectivity index (χ3v) is 2.68. The van der Waals surface area contributed by atoms with Crippen LogP contribution in [0.1, 0.15) is 24.3 Å². The minimum absolute atomic E-state index is 0.259. The largest absolute Gasteiger partial charge is 0.480 e. The number of aliphatic hydroxyl groups excluding tert-OH is 1. The summed E-state index contributed by atoms with van der Waals surface area (Å²) in [6.45, 7) is 3.66. The van der Waals surface area contributed by atoms with E-state index in [9.17, 15) is 14.7 Å². The van der Waals surface area contributed by atoms with Gasteiger partial charge in [0, 0.05) is 12.7 Å². The molecule has 0 aliphatic rings. The zero-order chi connectivity index (χ0) is 13.9. The molecule has 1 aromatic rings. The second kappa shape index (κ2) is 5.88. The number of amides is 1. The number of aromatic nitrogens is 1. The topological polar surface area (TPSA) is 91.6 Å². The van der Waals surface area contributed by atoms with Gasteiger partial charge >= 0.3 is 5.97 Å². The molecule has 0 aliphatic heterocycles. The Hall–Kier alpha value is -1.53. The van der Waals surface area contributed by atoms with E-state index in [-0.39, 0.29) is 5.69 Å². The Labute approximate surface area is 109 Å². The fourth-order valence-electron chi connectivity index (χ4n) is 1.53. The zero-order valence-electron chi connectivity index (χ0n) is 10.1. The normalized spacial score (nSPS) is 14.0. The van der Waals surface area contributed by atoms with E-state index in [1.165, 1.54) is 13.0 Å². The van der Waals surface area contributed by atoms with E-state index in [2.05, 4.69) is 5.32 Å². The predicted molar refractivity (Wildman–Crippen MR) is 65.7 cm³/mol. The van der Waals surface area contributed by atoms with Crippen LogP contribution >= 0.6 is 11.6 Å². The molecule has 7 heteroatoms. The Bertz CT molecular complexity index is 456. The van der Waals surface area contributed by atoms with Gasteiger partial charge in [0.05, 0.1) is 11.1 Å². The van der Waals surface area contributed by atoms with Crippen molar-refractivity contribution in [3.05, 3.63) is 23.0 Å². The molecule has 3 N–H and O–H groups in total. The number of halogens is 1. The zero-order valence-corrected chi connectivity index (χ0v) is 10.8. The molecule has 1 heterocycles. The van der Waals surface area contributed by atoms with Crippen molar-refractivity contribution in [3.8, 4) is 0 Å². The SMILES string of the molecule is CCn1cc(Cl)cc1C(=O)N[C@H](C(=O)O)[C@@H](C)O. The molecular formula is C11H15ClN2O4. The number of nitrogens with one attached hydrogen (secondary N) is 1. The van der Waals surface area contributed by atoms with Crippen LogP contribution in [0, 0.1) is 0 Å². The van der Waals surface area contributed by atoms with Crippen molar-refractivity contribution in [2.24, 2.45) is 0 Å². The van der Waals surface area contributed by atoms with Gasteiger partial charge in [0.25, 0.3) is 5.91 Å². The van der Waals surface area contributed by atoms with Crippen LogP contribution in [-0.2, 0) is 11.3 Å². The second-order valence-electron chi connectivity index (χ2n) is 3.86. The van der Waals surface area contributed by atoms with Gasteiger partial charge in [-0.05, 0) is 19.9 Å². The van der Waals surface area contributed by atoms with Crippen molar-refractivity contribution >= 4 is 23.5 Å². The van der Waals surface area contributed by atoms with Crippen molar-refractivity contribution in [1.29, 1.82) is 0 Å². The second-order valence-corrected chi connectivity index (χ2v) is 4.30. The fraction of sp³-hybridized carbons (Fsp3) is 0.455. The summed E-state index contributed by atoms with van der Waals surface area (Å²) >= 11 is 5.78. The number of carbonyl (C=O) groups is 2. The van der Waals surface area contributed by atoms with Crippen LogP contribution in [0.3, 0.4) is 0 Å². The number of rotatable bonds is 5. The average molecular weight is 275 g/mol. The lowest BCUT2D eigenvalue weighted by atomic mass is 10.2. The Morgan fingerprint density at radius 1 is 1.56 bits per heavy atom. The first kappa shape index (κ1) is 14.5. The number of hydrogen-bond donors (Lipinski definition) is 3. The van der Waals surface area contributed by atoms with Crippen LogP contribution in [0.4, 0.5) is 0 Å². The van der Waals surface area contributed by atoms with Crippen LogP contribution in [0.2, 0.25) is 5.02 Å². The summed E-state index contributed by atoms with van der Waals surface area (Å²) < 4.78 is 1.60. The number of aryl methyl sites for hydroxylation is 1. The summed E-state index contributed by atoms with van der Waals surface area (Å²) in [5.41, 5.74) is 0.259. The van der Waals surface area contributed by atoms with Crippen LogP contribution < -0.4 is 5.32 Å². The number of aliphatic hydroxyl groups is 1. The first-order chi connectivity index (χ1) is 8.36. The van der Waals surface area contributed by atoms with Crippen molar-refractivity contribution < 1.29 is 19.8 Å². The van der Waals surface area contributed by atoms with Crippen LogP contribution in [0.25, 0.3) is 0 Å². The predicted octanol–water partition coefficient (Wildman–Crippen LogP) is 0.725. The molecule has 0 saturated heterocycles. The van der Waals surface area contributed by atoms with Gasteiger partial charge in [-0.1, -0.05) is 11.6 Å². The number of carboxylic acids is 1. The van der Waals surface area contributed by atoms with Gasteiger partial charge in [-0.3, -0.25) is 4.79 Å². The maximum atomic E-state index is 11.9. The lowest BCUT2D eigenvalue weighted by molar-refractivity contribution is -0.141. The number of carbonyl (C=O) groups excluding carboxylic acids is 1. The number of hydrogen-bond acceptors (Lipinski definition) is 3. The lowest BCUT2D eigenvalue weighted by Gasteiger charge is -2.17. The van der Waals surface area contributed by atoms with Crippen molar-refractivity contribution in [2.75, 3.05) is 0 Å². The van der Waals surface area contributed by atoms with Gasteiger partial charge in [-0.15, -0.1) is 0 Å². The molecule has 0 aromatic carbocycles. The van der Waals surface area contributed by atoms with Crippen molar-refractivity contribution in [3.63, 3.8) is 0 Å². The Morgan fingerprint density at radius 2 is 2.17 bits per heavy atom. The molecule has 2 atom stereocenters. The third kappa shape index (κ3) is 3.24. The van der Waals surface area contributed by atoms with Gasteiger partial charge in [0.1, 0.15) is 5.69 Å². The van der Waals surface area contributed by atoms with E-state index in [4.69, 9.17) is 16.7 Å². The summed E-state index contributed by atoms with van der Waals surface area (Å²) in [6.07, 6.45) is 0.390. The molecule has 0 saturated carbocycles. The molecule has 1 aromatic heterocycles. The van der Waals surface area contributed by atoms with Crippen LogP contribution in [0.5, 0.6) is 0 Å². The van der Waals surface area contributed by atoms with Gasteiger partial charge in [0.2, 0.25) is 0 Å². The molecule has 1 amide bonds. The standard InChI is InChI=1S/C11H15ClN2O4/c1-3-14-5-7(12)4-8(14)10(16)13-9(6(2)15)11(17)18/h4-6,9,15H,3H2,1-2H3,(H,13,16)(H,17,18)/t6-,9+/m1/s1. The first-order valence-corrected chi connectivity index (χ1v) is 5.82. The first-order valence-electron chi connectivity index (χ1n) is 5.44. The molecule has 0 spiro atoms. The Kier molecular flexibility index (Phi) is 4.75. The minimum Gasteiger partial charge on any atom is -0.480 e. The molecule has 6 nitrogen and oxygen atoms in total. The quantitative estimate of drug-likeness (QED) is 0.738.